The quantitative estimate of drug-likeness (QED) is 0.851. The van der Waals surface area contributed by atoms with Gasteiger partial charge in [-0.3, -0.25) is 9.59 Å². The van der Waals surface area contributed by atoms with Crippen LogP contribution in [0.25, 0.3) is 0 Å². The average Bonchev–Trinajstić information content (AvgIpc) is 2.68. The van der Waals surface area contributed by atoms with Crippen LogP contribution in [0, 0.1) is 0 Å². The number of anilines is 1. The minimum absolute atomic E-state index is 0.161. The lowest BCUT2D eigenvalue weighted by atomic mass is 10.1. The highest BCUT2D eigenvalue weighted by molar-refractivity contribution is 5.91. The molecule has 0 saturated carbocycles. The maximum atomic E-state index is 12.4. The lowest BCUT2D eigenvalue weighted by Gasteiger charge is -2.27. The fourth-order valence-electron chi connectivity index (χ4n) is 3.20. The van der Waals surface area contributed by atoms with Gasteiger partial charge < -0.3 is 15.0 Å². The predicted molar refractivity (Wildman–Crippen MR) is 104 cm³/mol. The van der Waals surface area contributed by atoms with Gasteiger partial charge in [0.25, 0.3) is 5.56 Å². The first kappa shape index (κ1) is 19.6. The van der Waals surface area contributed by atoms with E-state index in [0.717, 1.165) is 23.4 Å². The zero-order chi connectivity index (χ0) is 20.1. The lowest BCUT2D eigenvalue weighted by molar-refractivity contribution is -0.117. The van der Waals surface area contributed by atoms with Crippen LogP contribution in [-0.2, 0) is 35.5 Å². The van der Waals surface area contributed by atoms with Crippen molar-refractivity contribution in [3.8, 4) is 0 Å². The predicted octanol–water partition coefficient (Wildman–Crippen LogP) is 1.96. The Bertz CT molecular complexity index is 938. The number of benzene rings is 1. The largest absolute Gasteiger partial charge is 0.450 e. The number of aryl methyl sites for hydroxylation is 1. The second kappa shape index (κ2) is 8.69. The van der Waals surface area contributed by atoms with Crippen molar-refractivity contribution in [3.63, 3.8) is 0 Å². The minimum atomic E-state index is -0.397. The Morgan fingerprint density at radius 2 is 2.04 bits per heavy atom. The molecule has 1 aromatic carbocycles. The molecular weight excluding hydrogens is 360 g/mol. The van der Waals surface area contributed by atoms with E-state index in [0.29, 0.717) is 25.1 Å². The van der Waals surface area contributed by atoms with E-state index >= 15 is 0 Å². The maximum absolute atomic E-state index is 12.4. The molecule has 0 bridgehead atoms. The van der Waals surface area contributed by atoms with Gasteiger partial charge in [-0.05, 0) is 25.0 Å². The SMILES string of the molecule is CCOC(=O)N1CCc2nn(CC(=O)Nc3ccccc3CC)c(=O)cc2C1. The monoisotopic (exact) mass is 384 g/mol. The zero-order valence-electron chi connectivity index (χ0n) is 16.1. The first-order chi connectivity index (χ1) is 13.5. The summed E-state index contributed by atoms with van der Waals surface area (Å²) in [6.45, 7) is 4.66. The van der Waals surface area contributed by atoms with Crippen molar-refractivity contribution in [2.45, 2.75) is 39.8 Å². The molecule has 148 valence electrons. The van der Waals surface area contributed by atoms with Crippen LogP contribution >= 0.6 is 0 Å². The summed E-state index contributed by atoms with van der Waals surface area (Å²) in [6, 6.07) is 9.01. The van der Waals surface area contributed by atoms with E-state index in [1.165, 1.54) is 10.7 Å². The number of carbonyl (C=O) groups is 2. The number of aromatic nitrogens is 2. The second-order valence-corrected chi connectivity index (χ2v) is 6.54. The zero-order valence-corrected chi connectivity index (χ0v) is 16.1. The van der Waals surface area contributed by atoms with Gasteiger partial charge in [-0.15, -0.1) is 0 Å². The first-order valence-electron chi connectivity index (χ1n) is 9.41. The van der Waals surface area contributed by atoms with Gasteiger partial charge in [-0.2, -0.15) is 5.10 Å². The normalized spacial score (nSPS) is 13.0. The van der Waals surface area contributed by atoms with Crippen molar-refractivity contribution >= 4 is 17.7 Å². The summed E-state index contributed by atoms with van der Waals surface area (Å²) in [5, 5.41) is 7.19. The van der Waals surface area contributed by atoms with Crippen LogP contribution in [0.5, 0.6) is 0 Å². The van der Waals surface area contributed by atoms with E-state index in [1.807, 2.05) is 31.2 Å². The molecule has 28 heavy (non-hydrogen) atoms. The number of fused-ring (bicyclic) bond motifs is 1. The molecular formula is C20H24N4O4. The number of ether oxygens (including phenoxy) is 1. The van der Waals surface area contributed by atoms with Gasteiger partial charge in [-0.1, -0.05) is 25.1 Å². The number of para-hydroxylation sites is 1. The number of amides is 2. The first-order valence-corrected chi connectivity index (χ1v) is 9.41. The summed E-state index contributed by atoms with van der Waals surface area (Å²) in [5.74, 6) is -0.306. The molecule has 8 nitrogen and oxygen atoms in total. The van der Waals surface area contributed by atoms with Gasteiger partial charge in [0.05, 0.1) is 18.8 Å². The van der Waals surface area contributed by atoms with Crippen molar-refractivity contribution in [1.29, 1.82) is 0 Å². The molecule has 0 fully saturated rings. The number of nitrogens with zero attached hydrogens (tertiary/aromatic N) is 3. The topological polar surface area (TPSA) is 93.5 Å². The Labute approximate surface area is 163 Å². The van der Waals surface area contributed by atoms with Gasteiger partial charge in [0.1, 0.15) is 6.54 Å². The summed E-state index contributed by atoms with van der Waals surface area (Å²) in [6.07, 6.45) is 0.908. The molecule has 0 spiro atoms. The molecule has 1 aromatic heterocycles. The number of rotatable bonds is 5. The Balaban J connectivity index is 1.72. The van der Waals surface area contributed by atoms with E-state index in [-0.39, 0.29) is 24.6 Å². The van der Waals surface area contributed by atoms with Gasteiger partial charge in [0.15, 0.2) is 0 Å². The summed E-state index contributed by atoms with van der Waals surface area (Å²) < 4.78 is 6.18. The van der Waals surface area contributed by atoms with E-state index < -0.39 is 6.09 Å². The number of hydrogen-bond acceptors (Lipinski definition) is 5. The minimum Gasteiger partial charge on any atom is -0.450 e. The van der Waals surface area contributed by atoms with Crippen LogP contribution in [0.3, 0.4) is 0 Å². The van der Waals surface area contributed by atoms with E-state index in [1.54, 1.807) is 11.8 Å². The highest BCUT2D eigenvalue weighted by Crippen LogP contribution is 2.17. The second-order valence-electron chi connectivity index (χ2n) is 6.54. The number of carbonyl (C=O) groups excluding carboxylic acids is 2. The summed E-state index contributed by atoms with van der Waals surface area (Å²) in [5.41, 5.74) is 2.81. The van der Waals surface area contributed by atoms with Crippen molar-refractivity contribution in [2.24, 2.45) is 0 Å². The smallest absolute Gasteiger partial charge is 0.410 e. The van der Waals surface area contributed by atoms with Crippen LogP contribution in [0.1, 0.15) is 30.7 Å². The van der Waals surface area contributed by atoms with Crippen LogP contribution in [0.15, 0.2) is 35.1 Å². The van der Waals surface area contributed by atoms with Crippen molar-refractivity contribution in [3.05, 3.63) is 57.5 Å². The standard InChI is InChI=1S/C20H24N4O4/c1-3-14-7-5-6-8-16(14)21-18(25)13-24-19(26)11-15-12-23(20(27)28-4-2)10-9-17(15)22-24/h5-8,11H,3-4,9-10,12-13H2,1-2H3,(H,21,25). The Kier molecular flexibility index (Phi) is 6.08. The lowest BCUT2D eigenvalue weighted by Crippen LogP contribution is -2.39. The van der Waals surface area contributed by atoms with Crippen LogP contribution in [0.4, 0.5) is 10.5 Å². The Morgan fingerprint density at radius 1 is 1.25 bits per heavy atom. The van der Waals surface area contributed by atoms with Crippen LogP contribution in [0.2, 0.25) is 0 Å². The molecule has 8 heteroatoms. The molecule has 0 radical (unpaired) electrons. The molecule has 2 aromatic rings. The fourth-order valence-corrected chi connectivity index (χ4v) is 3.20. The number of nitrogens with one attached hydrogen (secondary N) is 1. The molecule has 2 amide bonds. The average molecular weight is 384 g/mol. The fraction of sp³-hybridized carbons (Fsp3) is 0.400. The summed E-state index contributed by atoms with van der Waals surface area (Å²) in [7, 11) is 0. The van der Waals surface area contributed by atoms with Crippen molar-refractivity contribution < 1.29 is 14.3 Å². The van der Waals surface area contributed by atoms with Gasteiger partial charge in [0.2, 0.25) is 5.91 Å². The highest BCUT2D eigenvalue weighted by atomic mass is 16.6. The third-order valence-corrected chi connectivity index (χ3v) is 4.64. The Hall–Kier alpha value is -3.16. The molecule has 0 aliphatic carbocycles. The van der Waals surface area contributed by atoms with Crippen LogP contribution < -0.4 is 10.9 Å². The van der Waals surface area contributed by atoms with E-state index in [2.05, 4.69) is 10.4 Å². The molecule has 3 rings (SSSR count). The Morgan fingerprint density at radius 3 is 2.79 bits per heavy atom. The molecule has 0 atom stereocenters. The summed E-state index contributed by atoms with van der Waals surface area (Å²) in [4.78, 5) is 38.2. The molecule has 2 heterocycles. The van der Waals surface area contributed by atoms with Gasteiger partial charge in [0, 0.05) is 30.3 Å². The van der Waals surface area contributed by atoms with Crippen LogP contribution in [-0.4, -0.2) is 39.8 Å². The van der Waals surface area contributed by atoms with Gasteiger partial charge >= 0.3 is 6.09 Å². The molecule has 1 aliphatic heterocycles. The third kappa shape index (κ3) is 4.39. The van der Waals surface area contributed by atoms with Crippen molar-refractivity contribution in [1.82, 2.24) is 14.7 Å². The van der Waals surface area contributed by atoms with Gasteiger partial charge in [-0.25, -0.2) is 9.48 Å². The third-order valence-electron chi connectivity index (χ3n) is 4.64. The molecule has 1 aliphatic rings. The maximum Gasteiger partial charge on any atom is 0.410 e. The molecule has 0 unspecified atom stereocenters. The van der Waals surface area contributed by atoms with Crippen molar-refractivity contribution in [2.75, 3.05) is 18.5 Å². The summed E-state index contributed by atoms with van der Waals surface area (Å²) >= 11 is 0. The molecule has 1 N–H and O–H groups in total. The van der Waals surface area contributed by atoms with E-state index in [4.69, 9.17) is 4.74 Å². The number of hydrogen-bond donors (Lipinski definition) is 1. The highest BCUT2D eigenvalue weighted by Gasteiger charge is 2.24. The van der Waals surface area contributed by atoms with E-state index in [9.17, 15) is 14.4 Å². The molecule has 0 saturated heterocycles.